The fraction of sp³-hybridized carbons (Fsp3) is 0.538. The molecule has 1 rings (SSSR count). The molecule has 0 aliphatic carbocycles. The zero-order valence-electron chi connectivity index (χ0n) is 10.2. The molecule has 0 amide bonds. The topological polar surface area (TPSA) is 41.5 Å². The van der Waals surface area contributed by atoms with Gasteiger partial charge < -0.3 is 15.2 Å². The number of nitrogens with one attached hydrogen (secondary N) is 1. The second-order valence-electron chi connectivity index (χ2n) is 3.92. The van der Waals surface area contributed by atoms with Crippen LogP contribution in [0.3, 0.4) is 0 Å². The molecule has 0 aromatic heterocycles. The van der Waals surface area contributed by atoms with Gasteiger partial charge in [-0.1, -0.05) is 11.6 Å². The molecule has 0 saturated heterocycles. The van der Waals surface area contributed by atoms with E-state index in [2.05, 4.69) is 5.32 Å². The third-order valence-electron chi connectivity index (χ3n) is 2.45. The van der Waals surface area contributed by atoms with E-state index in [0.29, 0.717) is 6.61 Å². The predicted octanol–water partition coefficient (Wildman–Crippen LogP) is 2.60. The fourth-order valence-corrected chi connectivity index (χ4v) is 1.78. The molecule has 17 heavy (non-hydrogen) atoms. The maximum atomic E-state index is 8.66. The molecule has 3 nitrogen and oxygen atoms in total. The van der Waals surface area contributed by atoms with Crippen LogP contribution in [0.5, 0.6) is 5.75 Å². The Kier molecular flexibility index (Phi) is 7.01. The lowest BCUT2D eigenvalue weighted by Gasteiger charge is -2.11. The number of benzene rings is 1. The first-order valence-corrected chi connectivity index (χ1v) is 6.32. The van der Waals surface area contributed by atoms with Crippen LogP contribution in [-0.4, -0.2) is 25.4 Å². The monoisotopic (exact) mass is 257 g/mol. The van der Waals surface area contributed by atoms with Gasteiger partial charge in [-0.3, -0.25) is 0 Å². The summed E-state index contributed by atoms with van der Waals surface area (Å²) in [5.74, 6) is 0.882. The molecule has 0 spiro atoms. The third-order valence-corrected chi connectivity index (χ3v) is 2.68. The van der Waals surface area contributed by atoms with Crippen LogP contribution in [-0.2, 0) is 6.54 Å². The molecule has 0 heterocycles. The summed E-state index contributed by atoms with van der Waals surface area (Å²) in [6.07, 6.45) is 2.79. The minimum absolute atomic E-state index is 0.256. The van der Waals surface area contributed by atoms with Crippen LogP contribution in [0.2, 0.25) is 5.02 Å². The first-order chi connectivity index (χ1) is 8.27. The van der Waals surface area contributed by atoms with Gasteiger partial charge in [0.1, 0.15) is 5.75 Å². The van der Waals surface area contributed by atoms with Crippen LogP contribution < -0.4 is 10.1 Å². The summed E-state index contributed by atoms with van der Waals surface area (Å²) in [6, 6.07) is 5.66. The number of hydrogen-bond donors (Lipinski definition) is 2. The lowest BCUT2D eigenvalue weighted by Crippen LogP contribution is -2.08. The lowest BCUT2D eigenvalue weighted by molar-refractivity contribution is 0.265. The van der Waals surface area contributed by atoms with Crippen molar-refractivity contribution in [1.82, 2.24) is 5.32 Å². The van der Waals surface area contributed by atoms with Gasteiger partial charge in [-0.2, -0.15) is 0 Å². The highest BCUT2D eigenvalue weighted by Gasteiger charge is 2.03. The van der Waals surface area contributed by atoms with Gasteiger partial charge in [-0.25, -0.2) is 0 Å². The molecule has 0 saturated carbocycles. The Morgan fingerprint density at radius 1 is 1.29 bits per heavy atom. The van der Waals surface area contributed by atoms with Gasteiger partial charge in [0.25, 0.3) is 0 Å². The zero-order valence-corrected chi connectivity index (χ0v) is 11.0. The van der Waals surface area contributed by atoms with E-state index in [1.165, 1.54) is 0 Å². The van der Waals surface area contributed by atoms with Crippen molar-refractivity contribution in [2.24, 2.45) is 0 Å². The lowest BCUT2D eigenvalue weighted by atomic mass is 10.2. The number of aliphatic hydroxyl groups is 1. The molecule has 0 aliphatic rings. The van der Waals surface area contributed by atoms with Crippen molar-refractivity contribution >= 4 is 11.6 Å². The number of rotatable bonds is 8. The zero-order chi connectivity index (χ0) is 12.5. The molecule has 0 unspecified atom stereocenters. The Balaban J connectivity index is 2.45. The van der Waals surface area contributed by atoms with Gasteiger partial charge in [0, 0.05) is 23.7 Å². The average Bonchev–Trinajstić information content (AvgIpc) is 2.32. The van der Waals surface area contributed by atoms with Gasteiger partial charge in [0.2, 0.25) is 0 Å². The van der Waals surface area contributed by atoms with Crippen molar-refractivity contribution in [2.75, 3.05) is 20.3 Å². The van der Waals surface area contributed by atoms with Crippen molar-refractivity contribution in [3.8, 4) is 5.75 Å². The maximum Gasteiger partial charge on any atom is 0.123 e. The van der Waals surface area contributed by atoms with E-state index in [1.807, 2.05) is 25.2 Å². The number of halogens is 1. The Morgan fingerprint density at radius 2 is 2.12 bits per heavy atom. The largest absolute Gasteiger partial charge is 0.493 e. The van der Waals surface area contributed by atoms with Crippen molar-refractivity contribution in [3.05, 3.63) is 28.8 Å². The predicted molar refractivity (Wildman–Crippen MR) is 70.6 cm³/mol. The van der Waals surface area contributed by atoms with Crippen LogP contribution >= 0.6 is 11.6 Å². The molecule has 2 N–H and O–H groups in total. The van der Waals surface area contributed by atoms with Crippen LogP contribution in [0.15, 0.2) is 18.2 Å². The summed E-state index contributed by atoms with van der Waals surface area (Å²) in [4.78, 5) is 0. The molecule has 4 heteroatoms. The average molecular weight is 258 g/mol. The summed E-state index contributed by atoms with van der Waals surface area (Å²) in [5.41, 5.74) is 1.07. The number of aliphatic hydroxyl groups excluding tert-OH is 1. The van der Waals surface area contributed by atoms with Gasteiger partial charge in [0.15, 0.2) is 0 Å². The van der Waals surface area contributed by atoms with E-state index in [-0.39, 0.29) is 6.61 Å². The van der Waals surface area contributed by atoms with Crippen LogP contribution in [0.25, 0.3) is 0 Å². The maximum absolute atomic E-state index is 8.66. The van der Waals surface area contributed by atoms with E-state index in [1.54, 1.807) is 0 Å². The molecule has 0 bridgehead atoms. The molecule has 0 radical (unpaired) electrons. The molecule has 1 aromatic rings. The van der Waals surface area contributed by atoms with E-state index < -0.39 is 0 Å². The number of ether oxygens (including phenoxy) is 1. The Morgan fingerprint density at radius 3 is 2.82 bits per heavy atom. The van der Waals surface area contributed by atoms with E-state index in [9.17, 15) is 0 Å². The molecular weight excluding hydrogens is 238 g/mol. The minimum atomic E-state index is 0.256. The molecule has 0 aliphatic heterocycles. The Hall–Kier alpha value is -0.770. The van der Waals surface area contributed by atoms with Crippen molar-refractivity contribution in [3.63, 3.8) is 0 Å². The van der Waals surface area contributed by atoms with Crippen LogP contribution in [0.4, 0.5) is 0 Å². The van der Waals surface area contributed by atoms with Crippen molar-refractivity contribution < 1.29 is 9.84 Å². The summed E-state index contributed by atoms with van der Waals surface area (Å²) < 4.78 is 5.71. The minimum Gasteiger partial charge on any atom is -0.493 e. The highest BCUT2D eigenvalue weighted by atomic mass is 35.5. The Bertz CT molecular complexity index is 331. The van der Waals surface area contributed by atoms with Gasteiger partial charge in [-0.05, 0) is 44.5 Å². The second-order valence-corrected chi connectivity index (χ2v) is 4.35. The van der Waals surface area contributed by atoms with Crippen LogP contribution in [0, 0.1) is 0 Å². The summed E-state index contributed by atoms with van der Waals surface area (Å²) >= 11 is 5.94. The van der Waals surface area contributed by atoms with Crippen LogP contribution in [0.1, 0.15) is 24.8 Å². The van der Waals surface area contributed by atoms with Gasteiger partial charge >= 0.3 is 0 Å². The first-order valence-electron chi connectivity index (χ1n) is 5.94. The molecular formula is C13H20ClNO2. The SMILES string of the molecule is CNCc1cc(Cl)ccc1OCCCCCO. The van der Waals surface area contributed by atoms with Gasteiger partial charge in [-0.15, -0.1) is 0 Å². The summed E-state index contributed by atoms with van der Waals surface area (Å²) in [6.45, 7) is 1.68. The summed E-state index contributed by atoms with van der Waals surface area (Å²) in [7, 11) is 1.89. The Labute approximate surface area is 108 Å². The smallest absolute Gasteiger partial charge is 0.123 e. The molecule has 1 aromatic carbocycles. The van der Waals surface area contributed by atoms with Crippen molar-refractivity contribution in [1.29, 1.82) is 0 Å². The fourth-order valence-electron chi connectivity index (χ4n) is 1.59. The number of unbranched alkanes of at least 4 members (excludes halogenated alkanes) is 2. The summed E-state index contributed by atoms with van der Waals surface area (Å²) in [5, 5.41) is 12.5. The first kappa shape index (κ1) is 14.3. The molecule has 0 fully saturated rings. The third kappa shape index (κ3) is 5.39. The highest BCUT2D eigenvalue weighted by Crippen LogP contribution is 2.23. The van der Waals surface area contributed by atoms with E-state index in [0.717, 1.165) is 42.1 Å². The molecule has 0 atom stereocenters. The quantitative estimate of drug-likeness (QED) is 0.704. The van der Waals surface area contributed by atoms with Crippen molar-refractivity contribution in [2.45, 2.75) is 25.8 Å². The van der Waals surface area contributed by atoms with Gasteiger partial charge in [0.05, 0.1) is 6.61 Å². The van der Waals surface area contributed by atoms with E-state index in [4.69, 9.17) is 21.4 Å². The highest BCUT2D eigenvalue weighted by molar-refractivity contribution is 6.30. The number of hydrogen-bond acceptors (Lipinski definition) is 3. The second kappa shape index (κ2) is 8.34. The standard InChI is InChI=1S/C13H20ClNO2/c1-15-10-11-9-12(14)5-6-13(11)17-8-4-2-3-7-16/h5-6,9,15-16H,2-4,7-8,10H2,1H3. The molecule has 96 valence electrons. The van der Waals surface area contributed by atoms with E-state index >= 15 is 0 Å². The normalized spacial score (nSPS) is 10.5.